The van der Waals surface area contributed by atoms with Crippen molar-refractivity contribution < 1.29 is 9.90 Å². The number of carbonyl (C=O) groups is 1. The second-order valence-corrected chi connectivity index (χ2v) is 4.49. The van der Waals surface area contributed by atoms with Crippen LogP contribution < -0.4 is 4.90 Å². The van der Waals surface area contributed by atoms with Crippen molar-refractivity contribution in [2.75, 3.05) is 18.1 Å². The number of rotatable bonds is 5. The van der Waals surface area contributed by atoms with Gasteiger partial charge in [0.1, 0.15) is 0 Å². The van der Waals surface area contributed by atoms with E-state index in [2.05, 4.69) is 0 Å². The number of aryl methyl sites for hydroxylation is 1. The predicted molar refractivity (Wildman–Crippen MR) is 68.5 cm³/mol. The van der Waals surface area contributed by atoms with Crippen LogP contribution in [0.5, 0.6) is 0 Å². The fraction of sp³-hybridized carbons (Fsp3) is 0.500. The molecule has 3 heteroatoms. The lowest BCUT2D eigenvalue weighted by atomic mass is 10.1. The van der Waals surface area contributed by atoms with Gasteiger partial charge in [0, 0.05) is 18.2 Å². The molecule has 0 aliphatic carbocycles. The molecular weight excluding hydrogens is 214 g/mol. The summed E-state index contributed by atoms with van der Waals surface area (Å²) in [6.07, 6.45) is 0.493. The number of amides is 1. The molecule has 0 aliphatic rings. The molecule has 0 aromatic heterocycles. The summed E-state index contributed by atoms with van der Waals surface area (Å²) in [6, 6.07) is 7.78. The van der Waals surface area contributed by atoms with Crippen LogP contribution in [0.4, 0.5) is 5.69 Å². The van der Waals surface area contributed by atoms with Crippen LogP contribution in [-0.2, 0) is 9.90 Å². The van der Waals surface area contributed by atoms with Crippen molar-refractivity contribution in [1.29, 1.82) is 0 Å². The highest BCUT2D eigenvalue weighted by Gasteiger charge is 2.19. The molecule has 0 saturated heterocycles. The van der Waals surface area contributed by atoms with E-state index in [4.69, 9.17) is 0 Å². The lowest BCUT2D eigenvalue weighted by Crippen LogP contribution is -2.35. The van der Waals surface area contributed by atoms with Gasteiger partial charge in [-0.15, -0.1) is 0 Å². The van der Waals surface area contributed by atoms with E-state index in [1.54, 1.807) is 4.90 Å². The maximum atomic E-state index is 12.1. The third-order valence-corrected chi connectivity index (χ3v) is 2.69. The Labute approximate surface area is 103 Å². The van der Waals surface area contributed by atoms with E-state index >= 15 is 0 Å². The van der Waals surface area contributed by atoms with Crippen molar-refractivity contribution in [3.05, 3.63) is 29.8 Å². The molecule has 0 unspecified atom stereocenters. The summed E-state index contributed by atoms with van der Waals surface area (Å²) in [7, 11) is 0. The number of carbonyl (C=O) groups excluding carboxylic acids is 1. The molecule has 0 fully saturated rings. The van der Waals surface area contributed by atoms with Gasteiger partial charge >= 0.3 is 0 Å². The highest BCUT2D eigenvalue weighted by Crippen LogP contribution is 2.21. The van der Waals surface area contributed by atoms with Crippen LogP contribution in [0.3, 0.4) is 0 Å². The zero-order valence-corrected chi connectivity index (χ0v) is 10.8. The quantitative estimate of drug-likeness (QED) is 0.772. The highest BCUT2D eigenvalue weighted by atomic mass is 16.3. The van der Waals surface area contributed by atoms with Gasteiger partial charge in [-0.25, -0.2) is 5.11 Å². The maximum Gasteiger partial charge on any atom is 0.229 e. The number of hydrogen-bond donors (Lipinski definition) is 0. The SMILES string of the molecule is Cc1ccccc1N(CCC[O])C(=O)C(C)C. The average Bonchev–Trinajstić information content (AvgIpc) is 2.31. The minimum Gasteiger partial charge on any atom is -0.312 e. The van der Waals surface area contributed by atoms with Crippen molar-refractivity contribution in [3.8, 4) is 0 Å². The number of hydrogen-bond acceptors (Lipinski definition) is 1. The Bertz CT molecular complexity index is 374. The molecule has 3 nitrogen and oxygen atoms in total. The molecular formula is C14H20NO2. The predicted octanol–water partition coefficient (Wildman–Crippen LogP) is 2.80. The van der Waals surface area contributed by atoms with E-state index in [9.17, 15) is 9.90 Å². The van der Waals surface area contributed by atoms with Crippen LogP contribution >= 0.6 is 0 Å². The first-order chi connectivity index (χ1) is 8.07. The topological polar surface area (TPSA) is 40.2 Å². The first-order valence-electron chi connectivity index (χ1n) is 6.03. The summed E-state index contributed by atoms with van der Waals surface area (Å²) in [4.78, 5) is 13.9. The van der Waals surface area contributed by atoms with Gasteiger partial charge in [0.2, 0.25) is 5.91 Å². The van der Waals surface area contributed by atoms with Gasteiger partial charge in [0.05, 0.1) is 6.61 Å². The van der Waals surface area contributed by atoms with Gasteiger partial charge in [-0.2, -0.15) is 0 Å². The minimum atomic E-state index is -0.145. The van der Waals surface area contributed by atoms with Crippen LogP contribution in [0.1, 0.15) is 25.8 Å². The molecule has 0 atom stereocenters. The maximum absolute atomic E-state index is 12.1. The van der Waals surface area contributed by atoms with Gasteiger partial charge < -0.3 is 4.90 Å². The Balaban J connectivity index is 2.98. The molecule has 17 heavy (non-hydrogen) atoms. The Morgan fingerprint density at radius 2 is 1.94 bits per heavy atom. The molecule has 0 spiro atoms. The Kier molecular flexibility index (Phi) is 5.16. The smallest absolute Gasteiger partial charge is 0.229 e. The van der Waals surface area contributed by atoms with Crippen molar-refractivity contribution >= 4 is 11.6 Å². The molecule has 1 amide bonds. The largest absolute Gasteiger partial charge is 0.312 e. The molecule has 0 heterocycles. The van der Waals surface area contributed by atoms with E-state index < -0.39 is 0 Å². The van der Waals surface area contributed by atoms with Crippen LogP contribution in [0.25, 0.3) is 0 Å². The van der Waals surface area contributed by atoms with Crippen LogP contribution in [0, 0.1) is 12.8 Å². The third kappa shape index (κ3) is 3.56. The van der Waals surface area contributed by atoms with Gasteiger partial charge in [-0.3, -0.25) is 4.79 Å². The van der Waals surface area contributed by atoms with E-state index in [1.807, 2.05) is 45.0 Å². The summed E-state index contributed by atoms with van der Waals surface area (Å²) in [6.45, 7) is 6.10. The number of nitrogens with zero attached hydrogens (tertiary/aromatic N) is 1. The normalized spacial score (nSPS) is 10.6. The van der Waals surface area contributed by atoms with Gasteiger partial charge in [0.15, 0.2) is 0 Å². The fourth-order valence-corrected chi connectivity index (χ4v) is 1.75. The average molecular weight is 234 g/mol. The molecule has 0 N–H and O–H groups in total. The second-order valence-electron chi connectivity index (χ2n) is 4.49. The van der Waals surface area contributed by atoms with Crippen LogP contribution in [0.2, 0.25) is 0 Å². The highest BCUT2D eigenvalue weighted by molar-refractivity contribution is 5.95. The Morgan fingerprint density at radius 3 is 2.47 bits per heavy atom. The van der Waals surface area contributed by atoms with Crippen molar-refractivity contribution in [2.24, 2.45) is 5.92 Å². The van der Waals surface area contributed by atoms with E-state index in [1.165, 1.54) is 0 Å². The number of benzene rings is 1. The molecule has 0 bridgehead atoms. The van der Waals surface area contributed by atoms with Crippen molar-refractivity contribution in [3.63, 3.8) is 0 Å². The number of para-hydroxylation sites is 1. The van der Waals surface area contributed by atoms with E-state index in [-0.39, 0.29) is 18.4 Å². The first-order valence-corrected chi connectivity index (χ1v) is 6.03. The molecule has 1 radical (unpaired) electrons. The summed E-state index contributed by atoms with van der Waals surface area (Å²) in [5, 5.41) is 10.6. The van der Waals surface area contributed by atoms with Crippen LogP contribution in [-0.4, -0.2) is 19.1 Å². The van der Waals surface area contributed by atoms with Gasteiger partial charge in [0.25, 0.3) is 0 Å². The summed E-state index contributed by atoms with van der Waals surface area (Å²) in [5.74, 6) is 0.0222. The lowest BCUT2D eigenvalue weighted by Gasteiger charge is -2.26. The zero-order chi connectivity index (χ0) is 12.8. The molecule has 1 rings (SSSR count). The number of anilines is 1. The summed E-state index contributed by atoms with van der Waals surface area (Å²) >= 11 is 0. The Hall–Kier alpha value is -1.35. The van der Waals surface area contributed by atoms with Gasteiger partial charge in [-0.1, -0.05) is 32.0 Å². The first kappa shape index (κ1) is 13.7. The standard InChI is InChI=1S/C14H20NO2/c1-11(2)14(17)15(9-6-10-16)13-8-5-4-7-12(13)3/h4-5,7-8,11H,6,9-10H2,1-3H3. The minimum absolute atomic E-state index is 0.0544. The Morgan fingerprint density at radius 1 is 1.29 bits per heavy atom. The van der Waals surface area contributed by atoms with E-state index in [0.717, 1.165) is 11.3 Å². The third-order valence-electron chi connectivity index (χ3n) is 2.69. The van der Waals surface area contributed by atoms with Crippen molar-refractivity contribution in [2.45, 2.75) is 27.2 Å². The molecule has 0 aliphatic heterocycles. The second kappa shape index (κ2) is 6.40. The summed E-state index contributed by atoms with van der Waals surface area (Å²) in [5.41, 5.74) is 1.98. The van der Waals surface area contributed by atoms with Crippen LogP contribution in [0.15, 0.2) is 24.3 Å². The summed E-state index contributed by atoms with van der Waals surface area (Å²) < 4.78 is 0. The fourth-order valence-electron chi connectivity index (χ4n) is 1.75. The molecule has 1 aromatic rings. The molecule has 1 aromatic carbocycles. The molecule has 0 saturated carbocycles. The van der Waals surface area contributed by atoms with Crippen molar-refractivity contribution in [1.82, 2.24) is 0 Å². The monoisotopic (exact) mass is 234 g/mol. The molecule has 93 valence electrons. The van der Waals surface area contributed by atoms with Gasteiger partial charge in [-0.05, 0) is 25.0 Å². The van der Waals surface area contributed by atoms with E-state index in [0.29, 0.717) is 13.0 Å². The lowest BCUT2D eigenvalue weighted by molar-refractivity contribution is -0.121. The zero-order valence-electron chi connectivity index (χ0n) is 10.8.